The van der Waals surface area contributed by atoms with Crippen LogP contribution in [0.3, 0.4) is 0 Å². The van der Waals surface area contributed by atoms with E-state index in [0.29, 0.717) is 0 Å². The minimum Gasteiger partial charge on any atom is -0.378 e. The van der Waals surface area contributed by atoms with Crippen molar-refractivity contribution in [2.24, 2.45) is 5.92 Å². The van der Waals surface area contributed by atoms with Gasteiger partial charge in [-0.1, -0.05) is 24.3 Å². The van der Waals surface area contributed by atoms with E-state index in [9.17, 15) is 0 Å². The Morgan fingerprint density at radius 3 is 2.55 bits per heavy atom. The summed E-state index contributed by atoms with van der Waals surface area (Å²) in [6.45, 7) is 6.11. The number of fused-ring (bicyclic) bond motifs is 2. The molecule has 2 aromatic heterocycles. The molecule has 3 aliphatic rings. The van der Waals surface area contributed by atoms with Gasteiger partial charge in [0.25, 0.3) is 0 Å². The Morgan fingerprint density at radius 1 is 1.07 bits per heavy atom. The number of pyridine rings is 1. The molecule has 0 unspecified atom stereocenters. The zero-order valence-electron chi connectivity index (χ0n) is 16.5. The van der Waals surface area contributed by atoms with Crippen molar-refractivity contribution in [2.45, 2.75) is 32.5 Å². The van der Waals surface area contributed by atoms with Gasteiger partial charge >= 0.3 is 0 Å². The summed E-state index contributed by atoms with van der Waals surface area (Å²) in [6.07, 6.45) is 4.61. The summed E-state index contributed by atoms with van der Waals surface area (Å²) in [4.78, 5) is 12.1. The van der Waals surface area contributed by atoms with Gasteiger partial charge in [0.1, 0.15) is 11.3 Å². The maximum absolute atomic E-state index is 5.57. The molecule has 1 N–H and O–H groups in total. The summed E-state index contributed by atoms with van der Waals surface area (Å²) in [5, 5.41) is 2.24. The van der Waals surface area contributed by atoms with Crippen LogP contribution in [0, 0.1) is 5.92 Å². The third-order valence-electron chi connectivity index (χ3n) is 6.17. The van der Waals surface area contributed by atoms with E-state index in [-0.39, 0.29) is 0 Å². The van der Waals surface area contributed by atoms with E-state index in [1.54, 1.807) is 0 Å². The molecule has 1 aromatic carbocycles. The van der Waals surface area contributed by atoms with E-state index in [2.05, 4.69) is 50.2 Å². The Morgan fingerprint density at radius 2 is 1.83 bits per heavy atom. The Balaban J connectivity index is 1.34. The normalized spacial score (nSPS) is 19.7. The van der Waals surface area contributed by atoms with Crippen LogP contribution in [0.2, 0.25) is 0 Å². The molecule has 0 spiro atoms. The lowest BCUT2D eigenvalue weighted by atomic mass is 10.1. The molecular weight excluding hydrogens is 364 g/mol. The quantitative estimate of drug-likeness (QED) is 0.723. The van der Waals surface area contributed by atoms with Crippen molar-refractivity contribution in [1.82, 2.24) is 19.5 Å². The maximum Gasteiger partial charge on any atom is 0.164 e. The highest BCUT2D eigenvalue weighted by Crippen LogP contribution is 2.34. The molecule has 1 saturated heterocycles. The van der Waals surface area contributed by atoms with Gasteiger partial charge < -0.3 is 19.6 Å². The van der Waals surface area contributed by atoms with Crippen molar-refractivity contribution in [3.8, 4) is 0 Å². The predicted octanol–water partition coefficient (Wildman–Crippen LogP) is 3.02. The molecule has 1 aliphatic carbocycles. The van der Waals surface area contributed by atoms with Crippen LogP contribution in [0.5, 0.6) is 0 Å². The highest BCUT2D eigenvalue weighted by atomic mass is 16.5. The van der Waals surface area contributed by atoms with Gasteiger partial charge in [-0.3, -0.25) is 0 Å². The zero-order valence-corrected chi connectivity index (χ0v) is 16.5. The van der Waals surface area contributed by atoms with E-state index in [0.717, 1.165) is 74.5 Å². The van der Waals surface area contributed by atoms with Crippen molar-refractivity contribution in [3.05, 3.63) is 47.8 Å². The first-order valence-corrected chi connectivity index (χ1v) is 10.6. The van der Waals surface area contributed by atoms with Gasteiger partial charge in [0, 0.05) is 38.8 Å². The van der Waals surface area contributed by atoms with Crippen LogP contribution in [-0.2, 0) is 24.4 Å². The van der Waals surface area contributed by atoms with Crippen molar-refractivity contribution < 1.29 is 4.74 Å². The number of imidazole rings is 1. The SMILES string of the molecule is c1ccc2c(c1)CN(Nc1cc(N3CCOCC3)c3ncn(CC4CC4)c3n1)C2. The average molecular weight is 390 g/mol. The van der Waals surface area contributed by atoms with Crippen LogP contribution < -0.4 is 10.3 Å². The summed E-state index contributed by atoms with van der Waals surface area (Å²) < 4.78 is 7.80. The summed E-state index contributed by atoms with van der Waals surface area (Å²) in [6, 6.07) is 10.8. The first kappa shape index (κ1) is 17.2. The van der Waals surface area contributed by atoms with Gasteiger partial charge in [0.2, 0.25) is 0 Å². The molecule has 1 saturated carbocycles. The molecular formula is C22H26N6O. The van der Waals surface area contributed by atoms with E-state index in [1.807, 2.05) is 6.33 Å². The second kappa shape index (κ2) is 7.00. The number of hydrogen-bond donors (Lipinski definition) is 1. The smallest absolute Gasteiger partial charge is 0.164 e. The first-order valence-electron chi connectivity index (χ1n) is 10.6. The standard InChI is InChI=1S/C22H26N6O/c1-2-4-18-14-28(13-17(18)3-1)25-20-11-19(26-7-9-29-10-8-26)21-22(24-20)27(15-23-21)12-16-5-6-16/h1-4,11,15-16H,5-10,12-14H2,(H,24,25). The summed E-state index contributed by atoms with van der Waals surface area (Å²) >= 11 is 0. The van der Waals surface area contributed by atoms with Crippen LogP contribution in [0.15, 0.2) is 36.7 Å². The van der Waals surface area contributed by atoms with Gasteiger partial charge in [-0.2, -0.15) is 0 Å². The van der Waals surface area contributed by atoms with Crippen LogP contribution in [0.25, 0.3) is 11.2 Å². The van der Waals surface area contributed by atoms with Gasteiger partial charge in [-0.15, -0.1) is 0 Å². The summed E-state index contributed by atoms with van der Waals surface area (Å²) in [5.41, 5.74) is 9.48. The first-order chi connectivity index (χ1) is 14.3. The monoisotopic (exact) mass is 390 g/mol. The summed E-state index contributed by atoms with van der Waals surface area (Å²) in [7, 11) is 0. The largest absolute Gasteiger partial charge is 0.378 e. The van der Waals surface area contributed by atoms with Crippen molar-refractivity contribution >= 4 is 22.7 Å². The predicted molar refractivity (Wildman–Crippen MR) is 113 cm³/mol. The molecule has 7 heteroatoms. The molecule has 0 atom stereocenters. The number of nitrogens with one attached hydrogen (secondary N) is 1. The Hall–Kier alpha value is -2.64. The highest BCUT2D eigenvalue weighted by molar-refractivity contribution is 5.88. The number of rotatable bonds is 5. The lowest BCUT2D eigenvalue weighted by Crippen LogP contribution is -2.36. The number of ether oxygens (including phenoxy) is 1. The molecule has 29 heavy (non-hydrogen) atoms. The fourth-order valence-corrected chi connectivity index (χ4v) is 4.41. The third kappa shape index (κ3) is 3.34. The maximum atomic E-state index is 5.57. The molecule has 2 fully saturated rings. The molecule has 0 amide bonds. The topological polar surface area (TPSA) is 58.4 Å². The summed E-state index contributed by atoms with van der Waals surface area (Å²) in [5.74, 6) is 1.68. The Bertz CT molecular complexity index is 1010. The Kier molecular flexibility index (Phi) is 4.16. The van der Waals surface area contributed by atoms with Gasteiger partial charge in [-0.25, -0.2) is 15.0 Å². The lowest BCUT2D eigenvalue weighted by molar-refractivity contribution is 0.123. The van der Waals surface area contributed by atoms with E-state index in [4.69, 9.17) is 14.7 Å². The number of hydrazine groups is 1. The number of hydrogen-bond acceptors (Lipinski definition) is 6. The van der Waals surface area contributed by atoms with E-state index < -0.39 is 0 Å². The molecule has 7 nitrogen and oxygen atoms in total. The molecule has 4 heterocycles. The van der Waals surface area contributed by atoms with Gasteiger partial charge in [0.15, 0.2) is 5.65 Å². The third-order valence-corrected chi connectivity index (χ3v) is 6.17. The van der Waals surface area contributed by atoms with Gasteiger partial charge in [-0.05, 0) is 29.9 Å². The molecule has 3 aromatic rings. The number of nitrogens with zero attached hydrogens (tertiary/aromatic N) is 5. The van der Waals surface area contributed by atoms with Crippen LogP contribution in [-0.4, -0.2) is 45.8 Å². The highest BCUT2D eigenvalue weighted by Gasteiger charge is 2.25. The fourth-order valence-electron chi connectivity index (χ4n) is 4.41. The molecule has 0 radical (unpaired) electrons. The molecule has 0 bridgehead atoms. The number of aromatic nitrogens is 3. The van der Waals surface area contributed by atoms with Gasteiger partial charge in [0.05, 0.1) is 25.2 Å². The molecule has 150 valence electrons. The number of benzene rings is 1. The van der Waals surface area contributed by atoms with Crippen LogP contribution in [0.4, 0.5) is 11.5 Å². The zero-order chi connectivity index (χ0) is 19.2. The van der Waals surface area contributed by atoms with Crippen molar-refractivity contribution in [1.29, 1.82) is 0 Å². The van der Waals surface area contributed by atoms with E-state index >= 15 is 0 Å². The minimum atomic E-state index is 0.761. The van der Waals surface area contributed by atoms with Crippen molar-refractivity contribution in [2.75, 3.05) is 36.6 Å². The Labute approximate surface area is 170 Å². The minimum absolute atomic E-state index is 0.761. The van der Waals surface area contributed by atoms with E-state index in [1.165, 1.54) is 24.0 Å². The van der Waals surface area contributed by atoms with Crippen molar-refractivity contribution in [3.63, 3.8) is 0 Å². The molecule has 2 aliphatic heterocycles. The van der Waals surface area contributed by atoms with Crippen LogP contribution in [0.1, 0.15) is 24.0 Å². The fraction of sp³-hybridized carbons (Fsp3) is 0.455. The second-order valence-electron chi connectivity index (χ2n) is 8.38. The number of anilines is 2. The van der Waals surface area contributed by atoms with Crippen LogP contribution >= 0.6 is 0 Å². The molecule has 6 rings (SSSR count). The number of morpholine rings is 1. The average Bonchev–Trinajstić information content (AvgIpc) is 3.34. The lowest BCUT2D eigenvalue weighted by Gasteiger charge is -2.29. The second-order valence-corrected chi connectivity index (χ2v) is 8.38.